The van der Waals surface area contributed by atoms with Crippen LogP contribution in [0.4, 0.5) is 5.69 Å². The maximum Gasteiger partial charge on any atom is 0.350 e. The van der Waals surface area contributed by atoms with E-state index in [1.807, 2.05) is 12.3 Å². The molecule has 0 fully saturated rings. The summed E-state index contributed by atoms with van der Waals surface area (Å²) < 4.78 is 4.52. The second kappa shape index (κ2) is 7.53. The Morgan fingerprint density at radius 2 is 2.00 bits per heavy atom. The van der Waals surface area contributed by atoms with Crippen molar-refractivity contribution in [3.8, 4) is 0 Å². The van der Waals surface area contributed by atoms with Crippen LogP contribution in [0.25, 0.3) is 0 Å². The lowest BCUT2D eigenvalue weighted by Gasteiger charge is -1.96. The second-order valence-electron chi connectivity index (χ2n) is 3.07. The normalized spacial score (nSPS) is 11.1. The molecule has 1 aromatic heterocycles. The van der Waals surface area contributed by atoms with Crippen LogP contribution in [-0.2, 0) is 9.53 Å². The quantitative estimate of drug-likeness (QED) is 0.518. The summed E-state index contributed by atoms with van der Waals surface area (Å²) in [5, 5.41) is 0.782. The molecule has 1 atom stereocenters. The van der Waals surface area contributed by atoms with Crippen LogP contribution in [0.1, 0.15) is 22.2 Å². The van der Waals surface area contributed by atoms with E-state index in [-0.39, 0.29) is 5.97 Å². The molecule has 17 heavy (non-hydrogen) atoms. The average molecular weight is 298 g/mol. The fraction of sp³-hybridized carbons (Fsp3) is 0.400. The van der Waals surface area contributed by atoms with E-state index in [1.165, 1.54) is 25.4 Å². The molecule has 0 aliphatic heterocycles. The number of thiophene rings is 1. The molecule has 0 aliphatic rings. The van der Waals surface area contributed by atoms with E-state index in [4.69, 9.17) is 28.9 Å². The van der Waals surface area contributed by atoms with Crippen LogP contribution in [0, 0.1) is 6.92 Å². The Kier molecular flexibility index (Phi) is 7.18. The molecule has 4 nitrogen and oxygen atoms in total. The number of esters is 1. The van der Waals surface area contributed by atoms with Crippen molar-refractivity contribution in [1.29, 1.82) is 0 Å². The number of aryl methyl sites for hydroxylation is 1. The van der Waals surface area contributed by atoms with Gasteiger partial charge in [0.25, 0.3) is 0 Å². The van der Waals surface area contributed by atoms with Crippen LogP contribution in [0.2, 0.25) is 0 Å². The zero-order chi connectivity index (χ0) is 13.6. The Balaban J connectivity index is 0.000000366. The molecule has 1 heterocycles. The maximum atomic E-state index is 11.0. The Hall–Kier alpha value is -0.780. The van der Waals surface area contributed by atoms with E-state index in [1.54, 1.807) is 0 Å². The average Bonchev–Trinajstić information content (AvgIpc) is 2.59. The van der Waals surface area contributed by atoms with Crippen molar-refractivity contribution in [2.24, 2.45) is 0 Å². The smallest absolute Gasteiger partial charge is 0.350 e. The lowest BCUT2D eigenvalue weighted by atomic mass is 10.3. The third-order valence-corrected chi connectivity index (χ3v) is 3.44. The molecule has 0 bridgehead atoms. The van der Waals surface area contributed by atoms with Crippen LogP contribution in [-0.4, -0.2) is 23.7 Å². The number of rotatable bonds is 2. The summed E-state index contributed by atoms with van der Waals surface area (Å²) >= 11 is 11.3. The first-order valence-electron chi connectivity index (χ1n) is 4.56. The van der Waals surface area contributed by atoms with Gasteiger partial charge >= 0.3 is 5.97 Å². The summed E-state index contributed by atoms with van der Waals surface area (Å²) in [5.41, 5.74) is 7.04. The van der Waals surface area contributed by atoms with Crippen molar-refractivity contribution in [2.45, 2.75) is 19.2 Å². The third kappa shape index (κ3) is 5.39. The molecule has 2 N–H and O–H groups in total. The predicted octanol–water partition coefficient (Wildman–Crippen LogP) is 2.80. The highest BCUT2D eigenvalue weighted by Gasteiger charge is 2.13. The molecule has 0 amide bonds. The number of anilines is 1. The largest absolute Gasteiger partial charge is 0.465 e. The molecule has 0 aliphatic carbocycles. The van der Waals surface area contributed by atoms with E-state index in [0.717, 1.165) is 5.56 Å². The highest BCUT2D eigenvalue weighted by atomic mass is 35.5. The number of methoxy groups -OCH3 is 1. The fourth-order valence-electron chi connectivity index (χ4n) is 0.704. The number of alkyl halides is 1. The van der Waals surface area contributed by atoms with Gasteiger partial charge in [-0.25, -0.2) is 4.79 Å². The SMILES string of the molecule is CC(Cl)C(=O)Cl.COC(=O)c1scc(C)c1N. The van der Waals surface area contributed by atoms with Crippen molar-refractivity contribution in [1.82, 2.24) is 0 Å². The number of nitrogen functional groups attached to an aromatic ring is 1. The minimum atomic E-state index is -0.549. The van der Waals surface area contributed by atoms with Gasteiger partial charge in [-0.15, -0.1) is 22.9 Å². The Morgan fingerprint density at radius 3 is 2.24 bits per heavy atom. The zero-order valence-corrected chi connectivity index (χ0v) is 11.9. The fourth-order valence-corrected chi connectivity index (χ4v) is 1.59. The van der Waals surface area contributed by atoms with Crippen molar-refractivity contribution in [3.63, 3.8) is 0 Å². The van der Waals surface area contributed by atoms with Gasteiger partial charge < -0.3 is 10.5 Å². The van der Waals surface area contributed by atoms with Crippen LogP contribution >= 0.6 is 34.5 Å². The predicted molar refractivity (Wildman–Crippen MR) is 71.0 cm³/mol. The second-order valence-corrected chi connectivity index (χ2v) is 4.98. The molecular weight excluding hydrogens is 285 g/mol. The minimum Gasteiger partial charge on any atom is -0.465 e. The van der Waals surface area contributed by atoms with Crippen LogP contribution in [0.3, 0.4) is 0 Å². The van der Waals surface area contributed by atoms with Crippen LogP contribution in [0.5, 0.6) is 0 Å². The number of ether oxygens (including phenoxy) is 1. The van der Waals surface area contributed by atoms with Gasteiger partial charge in [-0.05, 0) is 36.4 Å². The molecule has 0 aromatic carbocycles. The van der Waals surface area contributed by atoms with Gasteiger partial charge in [-0.2, -0.15) is 0 Å². The molecular formula is C10H13Cl2NO3S. The van der Waals surface area contributed by atoms with Gasteiger partial charge in [-0.1, -0.05) is 0 Å². The van der Waals surface area contributed by atoms with E-state index in [0.29, 0.717) is 10.6 Å². The van der Waals surface area contributed by atoms with E-state index < -0.39 is 10.6 Å². The minimum absolute atomic E-state index is 0.361. The Morgan fingerprint density at radius 1 is 1.53 bits per heavy atom. The summed E-state index contributed by atoms with van der Waals surface area (Å²) in [6.45, 7) is 3.38. The first-order chi connectivity index (χ1) is 7.81. The number of hydrogen-bond donors (Lipinski definition) is 1. The van der Waals surface area contributed by atoms with E-state index in [9.17, 15) is 9.59 Å². The van der Waals surface area contributed by atoms with Gasteiger partial charge in [-0.3, -0.25) is 4.79 Å². The first-order valence-corrected chi connectivity index (χ1v) is 6.26. The summed E-state index contributed by atoms with van der Waals surface area (Å²) in [6.07, 6.45) is 0. The zero-order valence-electron chi connectivity index (χ0n) is 9.62. The van der Waals surface area contributed by atoms with Gasteiger partial charge in [0, 0.05) is 0 Å². The number of carbonyl (C=O) groups is 2. The van der Waals surface area contributed by atoms with Crippen LogP contribution < -0.4 is 5.73 Å². The van der Waals surface area contributed by atoms with Crippen molar-refractivity contribution in [3.05, 3.63) is 15.8 Å². The topological polar surface area (TPSA) is 69.4 Å². The number of nitrogens with two attached hydrogens (primary N) is 1. The molecule has 1 aromatic rings. The van der Waals surface area contributed by atoms with Crippen molar-refractivity contribution >= 4 is 51.4 Å². The van der Waals surface area contributed by atoms with E-state index in [2.05, 4.69) is 4.74 Å². The summed E-state index contributed by atoms with van der Waals surface area (Å²) in [4.78, 5) is 21.2. The maximum absolute atomic E-state index is 11.0. The van der Waals surface area contributed by atoms with Gasteiger partial charge in [0.05, 0.1) is 12.8 Å². The van der Waals surface area contributed by atoms with Crippen LogP contribution in [0.15, 0.2) is 5.38 Å². The molecule has 1 unspecified atom stereocenters. The van der Waals surface area contributed by atoms with Gasteiger partial charge in [0.15, 0.2) is 0 Å². The monoisotopic (exact) mass is 297 g/mol. The molecule has 0 spiro atoms. The molecule has 96 valence electrons. The number of hydrogen-bond acceptors (Lipinski definition) is 5. The lowest BCUT2D eigenvalue weighted by Crippen LogP contribution is -2.01. The standard InChI is InChI=1S/C7H9NO2S.C3H4Cl2O/c1-4-3-11-6(5(4)8)7(9)10-2;1-2(4)3(5)6/h3H,8H2,1-2H3;2H,1H3. The summed E-state index contributed by atoms with van der Waals surface area (Å²) in [7, 11) is 1.34. The highest BCUT2D eigenvalue weighted by Crippen LogP contribution is 2.24. The molecule has 1 rings (SSSR count). The number of halogens is 2. The Bertz CT molecular complexity index is 404. The highest BCUT2D eigenvalue weighted by molar-refractivity contribution is 7.12. The first kappa shape index (κ1) is 16.2. The number of carbonyl (C=O) groups excluding carboxylic acids is 2. The van der Waals surface area contributed by atoms with Crippen molar-refractivity contribution in [2.75, 3.05) is 12.8 Å². The van der Waals surface area contributed by atoms with Gasteiger partial charge in [0.1, 0.15) is 10.3 Å². The van der Waals surface area contributed by atoms with E-state index >= 15 is 0 Å². The molecule has 0 saturated carbocycles. The van der Waals surface area contributed by atoms with Crippen molar-refractivity contribution < 1.29 is 14.3 Å². The lowest BCUT2D eigenvalue weighted by molar-refractivity contribution is -0.111. The molecule has 7 heteroatoms. The Labute approximate surface area is 114 Å². The summed E-state index contributed by atoms with van der Waals surface area (Å²) in [5.74, 6) is -0.361. The third-order valence-electron chi connectivity index (χ3n) is 1.71. The molecule has 0 radical (unpaired) electrons. The van der Waals surface area contributed by atoms with Gasteiger partial charge in [0.2, 0.25) is 5.24 Å². The summed E-state index contributed by atoms with van der Waals surface area (Å²) in [6, 6.07) is 0. The molecule has 0 saturated heterocycles.